The summed E-state index contributed by atoms with van der Waals surface area (Å²) in [6.45, 7) is 18.5. The standard InChI is InChI=1S/C30H50O2/c1-19(2)22(31)9-8-20(3)21-12-14-28(7)24-11-10-23-26(4,5)25(32)13-15-29(23)18-30(24,29)17-16-27(21,28)6/h20-25,31-32H,1,8-18H2,2-7H3/t20-,21-,22-,23+,24+,25+,27-,28+,29-,30+/m1/s1. The molecule has 2 nitrogen and oxygen atoms in total. The van der Waals surface area contributed by atoms with Crippen molar-refractivity contribution < 1.29 is 10.2 Å². The van der Waals surface area contributed by atoms with Gasteiger partial charge in [0.15, 0.2) is 0 Å². The Hall–Kier alpha value is -0.340. The van der Waals surface area contributed by atoms with Gasteiger partial charge in [0, 0.05) is 0 Å². The van der Waals surface area contributed by atoms with Crippen molar-refractivity contribution in [2.75, 3.05) is 0 Å². The topological polar surface area (TPSA) is 40.5 Å². The number of hydrogen-bond acceptors (Lipinski definition) is 2. The molecular formula is C30H50O2. The van der Waals surface area contributed by atoms with E-state index in [0.717, 1.165) is 42.6 Å². The molecule has 0 aromatic rings. The van der Waals surface area contributed by atoms with E-state index in [9.17, 15) is 10.2 Å². The van der Waals surface area contributed by atoms with Crippen molar-refractivity contribution in [2.45, 2.75) is 124 Å². The summed E-state index contributed by atoms with van der Waals surface area (Å²) in [7, 11) is 0. The molecule has 0 aromatic carbocycles. The molecule has 2 heteroatoms. The average Bonchev–Trinajstić information content (AvgIpc) is 3.31. The van der Waals surface area contributed by atoms with Crippen LogP contribution in [0, 0.1) is 50.7 Å². The first-order valence-electron chi connectivity index (χ1n) is 13.9. The molecule has 2 N–H and O–H groups in total. The maximum Gasteiger partial charge on any atom is 0.0744 e. The molecule has 5 rings (SSSR count). The fraction of sp³-hybridized carbons (Fsp3) is 0.933. The van der Waals surface area contributed by atoms with Crippen molar-refractivity contribution in [3.63, 3.8) is 0 Å². The third-order valence-electron chi connectivity index (χ3n) is 13.3. The second-order valence-electron chi connectivity index (χ2n) is 14.4. The fourth-order valence-corrected chi connectivity index (χ4v) is 11.2. The minimum absolute atomic E-state index is 0.0885. The van der Waals surface area contributed by atoms with Gasteiger partial charge in [0.05, 0.1) is 12.2 Å². The molecule has 0 aromatic heterocycles. The van der Waals surface area contributed by atoms with Crippen LogP contribution in [0.2, 0.25) is 0 Å². The van der Waals surface area contributed by atoms with E-state index in [-0.39, 0.29) is 17.6 Å². The van der Waals surface area contributed by atoms with Gasteiger partial charge in [-0.25, -0.2) is 0 Å². The van der Waals surface area contributed by atoms with Crippen LogP contribution in [0.4, 0.5) is 0 Å². The minimum Gasteiger partial charge on any atom is -0.393 e. The third kappa shape index (κ3) is 2.72. The SMILES string of the molecule is C=C(C)[C@H](O)CC[C@@H](C)[C@H]1CC[C@@]2(C)[C@@H]3CC[C@H]4C(C)(C)[C@@H](O)CC[C@@]45C[C@@]35CC[C@]12C. The lowest BCUT2D eigenvalue weighted by molar-refractivity contribution is -0.161. The molecule has 182 valence electrons. The van der Waals surface area contributed by atoms with Gasteiger partial charge in [-0.3, -0.25) is 0 Å². The van der Waals surface area contributed by atoms with Gasteiger partial charge in [0.1, 0.15) is 0 Å². The molecule has 2 spiro atoms. The summed E-state index contributed by atoms with van der Waals surface area (Å²) >= 11 is 0. The molecule has 0 amide bonds. The van der Waals surface area contributed by atoms with Gasteiger partial charge < -0.3 is 10.2 Å². The van der Waals surface area contributed by atoms with Crippen molar-refractivity contribution in [3.8, 4) is 0 Å². The third-order valence-corrected chi connectivity index (χ3v) is 13.3. The summed E-state index contributed by atoms with van der Waals surface area (Å²) < 4.78 is 0. The van der Waals surface area contributed by atoms with Crippen molar-refractivity contribution >= 4 is 0 Å². The van der Waals surface area contributed by atoms with E-state index < -0.39 is 0 Å². The van der Waals surface area contributed by atoms with Crippen molar-refractivity contribution in [1.82, 2.24) is 0 Å². The van der Waals surface area contributed by atoms with Gasteiger partial charge in [-0.1, -0.05) is 46.8 Å². The van der Waals surface area contributed by atoms with Gasteiger partial charge in [0.25, 0.3) is 0 Å². The summed E-state index contributed by atoms with van der Waals surface area (Å²) in [6, 6.07) is 0. The van der Waals surface area contributed by atoms with Crippen LogP contribution in [0.25, 0.3) is 0 Å². The largest absolute Gasteiger partial charge is 0.393 e. The van der Waals surface area contributed by atoms with E-state index >= 15 is 0 Å². The molecule has 10 atom stereocenters. The van der Waals surface area contributed by atoms with E-state index in [0.29, 0.717) is 27.6 Å². The summed E-state index contributed by atoms with van der Waals surface area (Å²) in [4.78, 5) is 0. The zero-order valence-electron chi connectivity index (χ0n) is 21.8. The predicted molar refractivity (Wildman–Crippen MR) is 132 cm³/mol. The summed E-state index contributed by atoms with van der Waals surface area (Å²) in [5.41, 5.74) is 3.03. The van der Waals surface area contributed by atoms with Gasteiger partial charge in [0.2, 0.25) is 0 Å². The minimum atomic E-state index is -0.334. The van der Waals surface area contributed by atoms with Gasteiger partial charge in [-0.15, -0.1) is 0 Å². The quantitative estimate of drug-likeness (QED) is 0.444. The van der Waals surface area contributed by atoms with Crippen LogP contribution in [-0.4, -0.2) is 22.4 Å². The Bertz CT molecular complexity index is 786. The second-order valence-corrected chi connectivity index (χ2v) is 14.4. The van der Waals surface area contributed by atoms with Crippen LogP contribution in [0.15, 0.2) is 12.2 Å². The molecule has 0 aliphatic heterocycles. The highest BCUT2D eigenvalue weighted by atomic mass is 16.3. The second kappa shape index (κ2) is 7.09. The monoisotopic (exact) mass is 442 g/mol. The number of fused-ring (bicyclic) bond motifs is 2. The van der Waals surface area contributed by atoms with Gasteiger partial charge in [-0.2, -0.15) is 0 Å². The van der Waals surface area contributed by atoms with Crippen LogP contribution in [0.3, 0.4) is 0 Å². The molecule has 0 bridgehead atoms. The zero-order chi connectivity index (χ0) is 23.3. The summed E-state index contributed by atoms with van der Waals surface area (Å²) in [5.74, 6) is 3.08. The molecule has 0 saturated heterocycles. The Balaban J connectivity index is 1.39. The predicted octanol–water partition coefficient (Wildman–Crippen LogP) is 7.14. The first kappa shape index (κ1) is 23.4. The van der Waals surface area contributed by atoms with Crippen LogP contribution in [-0.2, 0) is 0 Å². The van der Waals surface area contributed by atoms with Gasteiger partial charge in [-0.05, 0) is 128 Å². The zero-order valence-corrected chi connectivity index (χ0v) is 21.8. The van der Waals surface area contributed by atoms with E-state index in [2.05, 4.69) is 41.2 Å². The maximum absolute atomic E-state index is 10.8. The molecule has 32 heavy (non-hydrogen) atoms. The highest BCUT2D eigenvalue weighted by molar-refractivity contribution is 5.30. The Morgan fingerprint density at radius 3 is 2.22 bits per heavy atom. The molecular weight excluding hydrogens is 392 g/mol. The highest BCUT2D eigenvalue weighted by Gasteiger charge is 2.82. The summed E-state index contributed by atoms with van der Waals surface area (Å²) in [5, 5.41) is 21.2. The highest BCUT2D eigenvalue weighted by Crippen LogP contribution is 2.89. The van der Waals surface area contributed by atoms with Crippen LogP contribution in [0.1, 0.15) is 112 Å². The molecule has 5 aliphatic carbocycles. The van der Waals surface area contributed by atoms with Crippen molar-refractivity contribution in [1.29, 1.82) is 0 Å². The molecule has 0 heterocycles. The molecule has 5 aliphatic rings. The van der Waals surface area contributed by atoms with Crippen molar-refractivity contribution in [2.24, 2.45) is 50.7 Å². The lowest BCUT2D eigenvalue weighted by atomic mass is 9.41. The first-order valence-corrected chi connectivity index (χ1v) is 13.9. The lowest BCUT2D eigenvalue weighted by Gasteiger charge is -2.63. The maximum atomic E-state index is 10.8. The Morgan fingerprint density at radius 1 is 0.875 bits per heavy atom. The number of hydrogen-bond donors (Lipinski definition) is 2. The Morgan fingerprint density at radius 2 is 1.53 bits per heavy atom. The van der Waals surface area contributed by atoms with Crippen molar-refractivity contribution in [3.05, 3.63) is 12.2 Å². The smallest absolute Gasteiger partial charge is 0.0744 e. The fourth-order valence-electron chi connectivity index (χ4n) is 11.2. The lowest BCUT2D eigenvalue weighted by Crippen LogP contribution is -2.57. The normalized spacial score (nSPS) is 52.8. The van der Waals surface area contributed by atoms with Crippen LogP contribution in [0.5, 0.6) is 0 Å². The van der Waals surface area contributed by atoms with Crippen LogP contribution >= 0.6 is 0 Å². The number of rotatable bonds is 5. The van der Waals surface area contributed by atoms with E-state index in [1.807, 2.05) is 6.92 Å². The number of aliphatic hydroxyl groups excluding tert-OH is 2. The van der Waals surface area contributed by atoms with E-state index in [1.165, 1.54) is 51.4 Å². The molecule has 5 saturated carbocycles. The van der Waals surface area contributed by atoms with E-state index in [1.54, 1.807) is 0 Å². The van der Waals surface area contributed by atoms with Crippen LogP contribution < -0.4 is 0 Å². The number of aliphatic hydroxyl groups is 2. The summed E-state index contributed by atoms with van der Waals surface area (Å²) in [6.07, 6.45) is 13.7. The Labute approximate surface area is 197 Å². The Kier molecular flexibility index (Phi) is 5.19. The average molecular weight is 443 g/mol. The molecule has 0 unspecified atom stereocenters. The molecule has 0 radical (unpaired) electrons. The first-order chi connectivity index (χ1) is 14.9. The van der Waals surface area contributed by atoms with Gasteiger partial charge >= 0.3 is 0 Å². The van der Waals surface area contributed by atoms with E-state index in [4.69, 9.17) is 0 Å². The molecule has 5 fully saturated rings.